The van der Waals surface area contributed by atoms with E-state index in [0.717, 1.165) is 38.2 Å². The fourth-order valence-corrected chi connectivity index (χ4v) is 2.75. The van der Waals surface area contributed by atoms with Crippen LogP contribution in [-0.2, 0) is 6.54 Å². The first-order chi connectivity index (χ1) is 9.70. The minimum absolute atomic E-state index is 0.0187. The lowest BCUT2D eigenvalue weighted by Gasteiger charge is -2.32. The molecule has 112 valence electrons. The van der Waals surface area contributed by atoms with Gasteiger partial charge in [-0.15, -0.1) is 0 Å². The maximum Gasteiger partial charge on any atom is 0.268 e. The molecule has 5 heteroatoms. The molecule has 0 spiro atoms. The van der Waals surface area contributed by atoms with Gasteiger partial charge >= 0.3 is 0 Å². The molecule has 2 heterocycles. The van der Waals surface area contributed by atoms with Crippen molar-refractivity contribution in [3.63, 3.8) is 0 Å². The molecule has 1 aromatic heterocycles. The van der Waals surface area contributed by atoms with Crippen LogP contribution < -0.4 is 15.8 Å². The van der Waals surface area contributed by atoms with Gasteiger partial charge in [-0.25, -0.2) is 4.68 Å². The summed E-state index contributed by atoms with van der Waals surface area (Å²) in [5.41, 5.74) is 0.998. The first-order valence-corrected chi connectivity index (χ1v) is 7.67. The summed E-state index contributed by atoms with van der Waals surface area (Å²) in [6.45, 7) is 6.03. The maximum atomic E-state index is 12.1. The number of anilines is 1. The van der Waals surface area contributed by atoms with Crippen LogP contribution in [0, 0.1) is 5.92 Å². The van der Waals surface area contributed by atoms with Gasteiger partial charge < -0.3 is 10.2 Å². The SMILES string of the molecule is CNCCCCn1ncc(N2CCCC(C)C2)cc1=O. The third-order valence-corrected chi connectivity index (χ3v) is 3.92. The van der Waals surface area contributed by atoms with Crippen LogP contribution in [0.3, 0.4) is 0 Å². The van der Waals surface area contributed by atoms with Crippen molar-refractivity contribution in [2.75, 3.05) is 31.6 Å². The van der Waals surface area contributed by atoms with Crippen LogP contribution in [0.15, 0.2) is 17.1 Å². The Morgan fingerprint density at radius 1 is 1.45 bits per heavy atom. The number of hydrogen-bond acceptors (Lipinski definition) is 4. The van der Waals surface area contributed by atoms with Gasteiger partial charge in [-0.1, -0.05) is 6.92 Å². The molecule has 0 bridgehead atoms. The molecule has 1 aliphatic heterocycles. The molecule has 1 saturated heterocycles. The lowest BCUT2D eigenvalue weighted by molar-refractivity contribution is 0.445. The molecule has 20 heavy (non-hydrogen) atoms. The number of nitrogens with one attached hydrogen (secondary N) is 1. The van der Waals surface area contributed by atoms with E-state index in [9.17, 15) is 4.79 Å². The molecule has 1 N–H and O–H groups in total. The lowest BCUT2D eigenvalue weighted by Crippen LogP contribution is -2.35. The number of unbranched alkanes of at least 4 members (excludes halogenated alkanes) is 1. The van der Waals surface area contributed by atoms with E-state index in [1.54, 1.807) is 10.7 Å². The van der Waals surface area contributed by atoms with E-state index in [0.29, 0.717) is 12.5 Å². The summed E-state index contributed by atoms with van der Waals surface area (Å²) in [7, 11) is 1.94. The molecule has 1 atom stereocenters. The average Bonchev–Trinajstić information content (AvgIpc) is 2.45. The molecule has 1 aliphatic rings. The van der Waals surface area contributed by atoms with E-state index in [1.807, 2.05) is 13.2 Å². The van der Waals surface area contributed by atoms with Gasteiger partial charge in [-0.05, 0) is 45.2 Å². The van der Waals surface area contributed by atoms with Crippen molar-refractivity contribution in [1.29, 1.82) is 0 Å². The van der Waals surface area contributed by atoms with Crippen LogP contribution >= 0.6 is 0 Å². The molecule has 0 radical (unpaired) electrons. The smallest absolute Gasteiger partial charge is 0.268 e. The molecule has 0 aromatic carbocycles. The Morgan fingerprint density at radius 3 is 3.00 bits per heavy atom. The molecule has 0 amide bonds. The van der Waals surface area contributed by atoms with Crippen molar-refractivity contribution in [3.05, 3.63) is 22.6 Å². The minimum Gasteiger partial charge on any atom is -0.370 e. The van der Waals surface area contributed by atoms with Crippen LogP contribution in [0.5, 0.6) is 0 Å². The highest BCUT2D eigenvalue weighted by Crippen LogP contribution is 2.20. The summed E-state index contributed by atoms with van der Waals surface area (Å²) in [6, 6.07) is 1.74. The number of aryl methyl sites for hydroxylation is 1. The fraction of sp³-hybridized carbons (Fsp3) is 0.733. The highest BCUT2D eigenvalue weighted by molar-refractivity contribution is 5.43. The predicted molar refractivity (Wildman–Crippen MR) is 82.3 cm³/mol. The van der Waals surface area contributed by atoms with Gasteiger partial charge in [0.05, 0.1) is 11.9 Å². The van der Waals surface area contributed by atoms with Crippen molar-refractivity contribution >= 4 is 5.69 Å². The third kappa shape index (κ3) is 4.07. The van der Waals surface area contributed by atoms with Crippen molar-refractivity contribution < 1.29 is 0 Å². The second-order valence-corrected chi connectivity index (χ2v) is 5.78. The average molecular weight is 278 g/mol. The molecule has 0 saturated carbocycles. The maximum absolute atomic E-state index is 12.1. The highest BCUT2D eigenvalue weighted by atomic mass is 16.1. The van der Waals surface area contributed by atoms with Gasteiger partial charge in [-0.3, -0.25) is 4.79 Å². The Balaban J connectivity index is 1.96. The van der Waals surface area contributed by atoms with Crippen LogP contribution in [0.1, 0.15) is 32.6 Å². The molecular formula is C15H26N4O. The Kier molecular flexibility index (Phi) is 5.59. The van der Waals surface area contributed by atoms with E-state index in [-0.39, 0.29) is 5.56 Å². The quantitative estimate of drug-likeness (QED) is 0.801. The second kappa shape index (κ2) is 7.43. The number of piperidine rings is 1. The second-order valence-electron chi connectivity index (χ2n) is 5.78. The standard InChI is InChI=1S/C15H26N4O/c1-13-6-5-8-18(12-13)14-10-15(20)19(17-11-14)9-4-3-7-16-2/h10-11,13,16H,3-9,12H2,1-2H3. The largest absolute Gasteiger partial charge is 0.370 e. The molecule has 1 unspecified atom stereocenters. The van der Waals surface area contributed by atoms with E-state index in [2.05, 4.69) is 22.2 Å². The monoisotopic (exact) mass is 278 g/mol. The zero-order valence-corrected chi connectivity index (χ0v) is 12.6. The summed E-state index contributed by atoms with van der Waals surface area (Å²) in [6.07, 6.45) is 6.38. The molecule has 1 fully saturated rings. The Labute approximate surface area is 121 Å². The Bertz CT molecular complexity index is 471. The van der Waals surface area contributed by atoms with Crippen molar-refractivity contribution in [3.8, 4) is 0 Å². The van der Waals surface area contributed by atoms with Crippen molar-refractivity contribution in [1.82, 2.24) is 15.1 Å². The normalized spacial score (nSPS) is 19.3. The number of aromatic nitrogens is 2. The third-order valence-electron chi connectivity index (χ3n) is 3.92. The van der Waals surface area contributed by atoms with E-state index >= 15 is 0 Å². The van der Waals surface area contributed by atoms with Gasteiger partial charge in [0.25, 0.3) is 5.56 Å². The van der Waals surface area contributed by atoms with Gasteiger partial charge in [0.1, 0.15) is 0 Å². The van der Waals surface area contributed by atoms with Gasteiger partial charge in [-0.2, -0.15) is 5.10 Å². The van der Waals surface area contributed by atoms with Crippen LogP contribution in [-0.4, -0.2) is 36.5 Å². The number of nitrogens with zero attached hydrogens (tertiary/aromatic N) is 3. The Morgan fingerprint density at radius 2 is 2.30 bits per heavy atom. The topological polar surface area (TPSA) is 50.2 Å². The minimum atomic E-state index is 0.0187. The van der Waals surface area contributed by atoms with Gasteiger partial charge in [0, 0.05) is 25.7 Å². The number of hydrogen-bond donors (Lipinski definition) is 1. The van der Waals surface area contributed by atoms with Crippen LogP contribution in [0.2, 0.25) is 0 Å². The van der Waals surface area contributed by atoms with Gasteiger partial charge in [0.2, 0.25) is 0 Å². The van der Waals surface area contributed by atoms with Gasteiger partial charge in [0.15, 0.2) is 0 Å². The number of rotatable bonds is 6. The van der Waals surface area contributed by atoms with E-state index in [1.165, 1.54) is 12.8 Å². The Hall–Kier alpha value is -1.36. The fourth-order valence-electron chi connectivity index (χ4n) is 2.75. The summed E-state index contributed by atoms with van der Waals surface area (Å²) in [4.78, 5) is 14.4. The van der Waals surface area contributed by atoms with Crippen LogP contribution in [0.25, 0.3) is 0 Å². The van der Waals surface area contributed by atoms with Crippen LogP contribution in [0.4, 0.5) is 5.69 Å². The first-order valence-electron chi connectivity index (χ1n) is 7.67. The molecule has 1 aromatic rings. The summed E-state index contributed by atoms with van der Waals surface area (Å²) < 4.78 is 1.58. The van der Waals surface area contributed by atoms with E-state index < -0.39 is 0 Å². The zero-order valence-electron chi connectivity index (χ0n) is 12.6. The van der Waals surface area contributed by atoms with E-state index in [4.69, 9.17) is 0 Å². The predicted octanol–water partition coefficient (Wildman–Crippen LogP) is 1.48. The highest BCUT2D eigenvalue weighted by Gasteiger charge is 2.17. The summed E-state index contributed by atoms with van der Waals surface area (Å²) in [5, 5.41) is 7.43. The molecular weight excluding hydrogens is 252 g/mol. The summed E-state index contributed by atoms with van der Waals surface area (Å²) in [5.74, 6) is 0.702. The molecule has 5 nitrogen and oxygen atoms in total. The molecule has 2 rings (SSSR count). The zero-order chi connectivity index (χ0) is 14.4. The first kappa shape index (κ1) is 15.0. The summed E-state index contributed by atoms with van der Waals surface area (Å²) >= 11 is 0. The molecule has 0 aliphatic carbocycles. The van der Waals surface area contributed by atoms with Crippen molar-refractivity contribution in [2.24, 2.45) is 5.92 Å². The lowest BCUT2D eigenvalue weighted by atomic mass is 10.00. The van der Waals surface area contributed by atoms with Crippen molar-refractivity contribution in [2.45, 2.75) is 39.2 Å².